The van der Waals surface area contributed by atoms with Crippen LogP contribution in [0.15, 0.2) is 24.4 Å². The van der Waals surface area contributed by atoms with E-state index in [0.29, 0.717) is 11.6 Å². The Bertz CT molecular complexity index is 585. The van der Waals surface area contributed by atoms with E-state index in [0.717, 1.165) is 37.2 Å². The van der Waals surface area contributed by atoms with Gasteiger partial charge in [0.15, 0.2) is 0 Å². The lowest BCUT2D eigenvalue weighted by Crippen LogP contribution is -2.13. The van der Waals surface area contributed by atoms with Crippen LogP contribution in [0, 0.1) is 5.92 Å². The molecule has 5 nitrogen and oxygen atoms in total. The van der Waals surface area contributed by atoms with Crippen molar-refractivity contribution in [1.82, 2.24) is 9.55 Å². The second kappa shape index (κ2) is 4.42. The zero-order valence-electron chi connectivity index (χ0n) is 10.0. The van der Waals surface area contributed by atoms with E-state index in [1.165, 1.54) is 0 Å². The average Bonchev–Trinajstić information content (AvgIpc) is 2.99. The van der Waals surface area contributed by atoms with Gasteiger partial charge in [-0.2, -0.15) is 0 Å². The molecule has 2 aromatic rings. The van der Waals surface area contributed by atoms with Gasteiger partial charge in [-0.3, -0.25) is 4.79 Å². The average molecular weight is 245 g/mol. The Morgan fingerprint density at radius 3 is 3.11 bits per heavy atom. The number of rotatable bonds is 3. The lowest BCUT2D eigenvalue weighted by Gasteiger charge is -2.10. The van der Waals surface area contributed by atoms with Gasteiger partial charge >= 0.3 is 0 Å². The predicted octanol–water partition coefficient (Wildman–Crippen LogP) is 1.17. The zero-order chi connectivity index (χ0) is 12.5. The fourth-order valence-electron chi connectivity index (χ4n) is 2.38. The van der Waals surface area contributed by atoms with Crippen LogP contribution in [-0.2, 0) is 11.3 Å². The van der Waals surface area contributed by atoms with Gasteiger partial charge in [0, 0.05) is 25.3 Å². The number of hydrogen-bond acceptors (Lipinski definition) is 3. The summed E-state index contributed by atoms with van der Waals surface area (Å²) < 4.78 is 7.54. The quantitative estimate of drug-likeness (QED) is 0.882. The monoisotopic (exact) mass is 245 g/mol. The Balaban J connectivity index is 1.91. The maximum Gasteiger partial charge on any atom is 0.267 e. The van der Waals surface area contributed by atoms with E-state index in [1.54, 1.807) is 6.07 Å². The summed E-state index contributed by atoms with van der Waals surface area (Å²) >= 11 is 0. The molecule has 0 saturated carbocycles. The number of fused-ring (bicyclic) bond motifs is 1. The molecule has 0 aromatic carbocycles. The first kappa shape index (κ1) is 11.2. The van der Waals surface area contributed by atoms with E-state index in [9.17, 15) is 4.79 Å². The van der Waals surface area contributed by atoms with Crippen molar-refractivity contribution in [3.05, 3.63) is 30.1 Å². The number of hydrogen-bond donors (Lipinski definition) is 1. The van der Waals surface area contributed by atoms with Gasteiger partial charge in [0.1, 0.15) is 5.69 Å². The summed E-state index contributed by atoms with van der Waals surface area (Å²) in [5, 5.41) is 0. The fourth-order valence-corrected chi connectivity index (χ4v) is 2.38. The lowest BCUT2D eigenvalue weighted by atomic mass is 10.1. The molecule has 0 aliphatic carbocycles. The summed E-state index contributed by atoms with van der Waals surface area (Å²) in [7, 11) is 0. The SMILES string of the molecule is NC(=O)c1ccc2c(ccn2CC2CCOC2)n1. The normalized spacial score (nSPS) is 19.4. The Labute approximate surface area is 105 Å². The van der Waals surface area contributed by atoms with Gasteiger partial charge < -0.3 is 15.0 Å². The van der Waals surface area contributed by atoms with Crippen molar-refractivity contribution >= 4 is 16.9 Å². The fraction of sp³-hybridized carbons (Fsp3) is 0.385. The van der Waals surface area contributed by atoms with Crippen LogP contribution < -0.4 is 5.73 Å². The molecule has 94 valence electrons. The number of pyridine rings is 1. The molecule has 1 fully saturated rings. The molecule has 0 bridgehead atoms. The molecule has 1 amide bonds. The molecule has 3 heterocycles. The topological polar surface area (TPSA) is 70.1 Å². The van der Waals surface area contributed by atoms with E-state index >= 15 is 0 Å². The van der Waals surface area contributed by atoms with Crippen LogP contribution in [0.3, 0.4) is 0 Å². The Kier molecular flexibility index (Phi) is 2.76. The standard InChI is InChI=1S/C13H15N3O2/c14-13(17)11-1-2-12-10(15-11)3-5-16(12)7-9-4-6-18-8-9/h1-3,5,9H,4,6-8H2,(H2,14,17). The summed E-state index contributed by atoms with van der Waals surface area (Å²) in [5.74, 6) is 0.0743. The number of ether oxygens (including phenoxy) is 1. The zero-order valence-corrected chi connectivity index (χ0v) is 10.0. The number of carbonyl (C=O) groups is 1. The maximum absolute atomic E-state index is 11.1. The van der Waals surface area contributed by atoms with Crippen LogP contribution >= 0.6 is 0 Å². The first-order valence-electron chi connectivity index (χ1n) is 6.07. The largest absolute Gasteiger partial charge is 0.381 e. The molecule has 0 spiro atoms. The molecule has 0 radical (unpaired) electrons. The van der Waals surface area contributed by atoms with Crippen LogP contribution in [0.4, 0.5) is 0 Å². The highest BCUT2D eigenvalue weighted by atomic mass is 16.5. The first-order valence-corrected chi connectivity index (χ1v) is 6.07. The van der Waals surface area contributed by atoms with Crippen LogP contribution in [-0.4, -0.2) is 28.7 Å². The number of carbonyl (C=O) groups excluding carboxylic acids is 1. The van der Waals surface area contributed by atoms with Gasteiger partial charge in [0.05, 0.1) is 17.6 Å². The molecule has 18 heavy (non-hydrogen) atoms. The molecule has 1 unspecified atom stereocenters. The van der Waals surface area contributed by atoms with Crippen molar-refractivity contribution in [2.24, 2.45) is 11.7 Å². The molecule has 1 aliphatic heterocycles. The molecular formula is C13H15N3O2. The number of nitrogens with two attached hydrogens (primary N) is 1. The molecule has 3 rings (SSSR count). The van der Waals surface area contributed by atoms with E-state index in [-0.39, 0.29) is 0 Å². The Morgan fingerprint density at radius 2 is 2.39 bits per heavy atom. The second-order valence-corrected chi connectivity index (χ2v) is 4.66. The second-order valence-electron chi connectivity index (χ2n) is 4.66. The van der Waals surface area contributed by atoms with E-state index in [4.69, 9.17) is 10.5 Å². The van der Waals surface area contributed by atoms with Crippen molar-refractivity contribution in [2.45, 2.75) is 13.0 Å². The molecule has 1 atom stereocenters. The number of aromatic nitrogens is 2. The van der Waals surface area contributed by atoms with Crippen molar-refractivity contribution < 1.29 is 9.53 Å². The lowest BCUT2D eigenvalue weighted by molar-refractivity contribution is 0.0996. The minimum absolute atomic E-state index is 0.310. The van der Waals surface area contributed by atoms with Gasteiger partial charge in [-0.05, 0) is 24.6 Å². The number of nitrogens with zero attached hydrogens (tertiary/aromatic N) is 2. The molecular weight excluding hydrogens is 230 g/mol. The van der Waals surface area contributed by atoms with Gasteiger partial charge in [0.25, 0.3) is 5.91 Å². The minimum atomic E-state index is -0.492. The summed E-state index contributed by atoms with van der Waals surface area (Å²) in [6, 6.07) is 5.49. The van der Waals surface area contributed by atoms with Crippen LogP contribution in [0.2, 0.25) is 0 Å². The van der Waals surface area contributed by atoms with Crippen LogP contribution in [0.1, 0.15) is 16.9 Å². The molecule has 2 N–H and O–H groups in total. The first-order chi connectivity index (χ1) is 8.74. The minimum Gasteiger partial charge on any atom is -0.381 e. The van der Waals surface area contributed by atoms with Crippen LogP contribution in [0.5, 0.6) is 0 Å². The molecule has 5 heteroatoms. The summed E-state index contributed by atoms with van der Waals surface area (Å²) in [6.07, 6.45) is 3.10. The molecule has 2 aromatic heterocycles. The maximum atomic E-state index is 11.1. The predicted molar refractivity (Wildman–Crippen MR) is 67.2 cm³/mol. The summed E-state index contributed by atoms with van der Waals surface area (Å²) in [6.45, 7) is 2.61. The van der Waals surface area contributed by atoms with Gasteiger partial charge in [0.2, 0.25) is 0 Å². The summed E-state index contributed by atoms with van der Waals surface area (Å²) in [4.78, 5) is 15.3. The third-order valence-corrected chi connectivity index (χ3v) is 3.36. The van der Waals surface area contributed by atoms with Gasteiger partial charge in [-0.1, -0.05) is 0 Å². The van der Waals surface area contributed by atoms with Crippen molar-refractivity contribution in [1.29, 1.82) is 0 Å². The highest BCUT2D eigenvalue weighted by molar-refractivity contribution is 5.93. The highest BCUT2D eigenvalue weighted by Crippen LogP contribution is 2.20. The smallest absolute Gasteiger partial charge is 0.267 e. The van der Waals surface area contributed by atoms with Gasteiger partial charge in [-0.15, -0.1) is 0 Å². The third-order valence-electron chi connectivity index (χ3n) is 3.36. The van der Waals surface area contributed by atoms with Gasteiger partial charge in [-0.25, -0.2) is 4.98 Å². The number of amides is 1. The Morgan fingerprint density at radius 1 is 1.50 bits per heavy atom. The van der Waals surface area contributed by atoms with Crippen molar-refractivity contribution in [3.63, 3.8) is 0 Å². The van der Waals surface area contributed by atoms with Crippen LogP contribution in [0.25, 0.3) is 11.0 Å². The third kappa shape index (κ3) is 1.97. The summed E-state index contributed by atoms with van der Waals surface area (Å²) in [5.41, 5.74) is 7.37. The van der Waals surface area contributed by atoms with E-state index in [1.807, 2.05) is 18.3 Å². The Hall–Kier alpha value is -1.88. The van der Waals surface area contributed by atoms with Crippen molar-refractivity contribution in [2.75, 3.05) is 13.2 Å². The van der Waals surface area contributed by atoms with E-state index in [2.05, 4.69) is 9.55 Å². The molecule has 1 saturated heterocycles. The van der Waals surface area contributed by atoms with Crippen molar-refractivity contribution in [3.8, 4) is 0 Å². The molecule has 1 aliphatic rings. The van der Waals surface area contributed by atoms with E-state index < -0.39 is 5.91 Å². The number of primary amides is 1. The highest BCUT2D eigenvalue weighted by Gasteiger charge is 2.17.